The van der Waals surface area contributed by atoms with Crippen LogP contribution >= 0.6 is 15.9 Å². The van der Waals surface area contributed by atoms with Gasteiger partial charge in [-0.25, -0.2) is 8.78 Å². The summed E-state index contributed by atoms with van der Waals surface area (Å²) < 4.78 is 26.8. The molecule has 0 spiro atoms. The Hall–Kier alpha value is -1.50. The number of carbonyl (C=O) groups excluding carboxylic acids is 2. The number of likely N-dealkylation sites (tertiary alicyclic amines) is 1. The van der Waals surface area contributed by atoms with Gasteiger partial charge in [0, 0.05) is 10.9 Å². The van der Waals surface area contributed by atoms with Gasteiger partial charge in [-0.3, -0.25) is 9.59 Å². The molecule has 7 heteroatoms. The minimum absolute atomic E-state index is 0.0443. The highest BCUT2D eigenvalue weighted by Crippen LogP contribution is 2.24. The number of hydrogen-bond donors (Lipinski definition) is 1. The number of rotatable bonds is 3. The fraction of sp³-hybridized carbons (Fsp3) is 0.385. The second kappa shape index (κ2) is 5.87. The fourth-order valence-electron chi connectivity index (χ4n) is 2.26. The topological polar surface area (TPSA) is 63.4 Å². The molecule has 2 atom stereocenters. The van der Waals surface area contributed by atoms with Crippen molar-refractivity contribution in [3.63, 3.8) is 0 Å². The molecule has 1 aliphatic heterocycles. The van der Waals surface area contributed by atoms with Gasteiger partial charge < -0.3 is 10.6 Å². The molecule has 0 radical (unpaired) electrons. The average molecular weight is 347 g/mol. The minimum Gasteiger partial charge on any atom is -0.368 e. The van der Waals surface area contributed by atoms with E-state index in [1.807, 2.05) is 0 Å². The van der Waals surface area contributed by atoms with Crippen molar-refractivity contribution in [3.8, 4) is 0 Å². The predicted molar refractivity (Wildman–Crippen MR) is 72.0 cm³/mol. The fourth-order valence-corrected chi connectivity index (χ4v) is 2.75. The zero-order chi connectivity index (χ0) is 14.9. The molecule has 2 rings (SSSR count). The summed E-state index contributed by atoms with van der Waals surface area (Å²) in [6.07, 6.45) is -1.35. The molecule has 20 heavy (non-hydrogen) atoms. The van der Waals surface area contributed by atoms with Crippen molar-refractivity contribution in [2.24, 2.45) is 5.73 Å². The van der Waals surface area contributed by atoms with Gasteiger partial charge in [0.25, 0.3) is 0 Å². The van der Waals surface area contributed by atoms with Crippen LogP contribution in [0.4, 0.5) is 8.78 Å². The Morgan fingerprint density at radius 1 is 1.45 bits per heavy atom. The molecule has 0 aliphatic carbocycles. The lowest BCUT2D eigenvalue weighted by atomic mass is 10.1. The maximum atomic E-state index is 13.4. The highest BCUT2D eigenvalue weighted by atomic mass is 79.9. The van der Waals surface area contributed by atoms with Crippen LogP contribution in [-0.4, -0.2) is 35.5 Å². The second-order valence-electron chi connectivity index (χ2n) is 4.71. The molecule has 1 heterocycles. The van der Waals surface area contributed by atoms with E-state index in [9.17, 15) is 18.4 Å². The highest BCUT2D eigenvalue weighted by Gasteiger charge is 2.38. The van der Waals surface area contributed by atoms with E-state index in [2.05, 4.69) is 15.9 Å². The number of benzene rings is 1. The van der Waals surface area contributed by atoms with Crippen LogP contribution in [0.2, 0.25) is 0 Å². The molecule has 108 valence electrons. The summed E-state index contributed by atoms with van der Waals surface area (Å²) >= 11 is 3.16. The highest BCUT2D eigenvalue weighted by molar-refractivity contribution is 9.10. The number of hydrogen-bond acceptors (Lipinski definition) is 2. The number of amides is 2. The van der Waals surface area contributed by atoms with Crippen LogP contribution < -0.4 is 5.73 Å². The normalized spacial score (nSPS) is 22.1. The molecule has 0 saturated carbocycles. The number of nitrogens with two attached hydrogens (primary N) is 1. The van der Waals surface area contributed by atoms with Gasteiger partial charge >= 0.3 is 0 Å². The Bertz CT molecular complexity index is 553. The Balaban J connectivity index is 2.13. The van der Waals surface area contributed by atoms with Crippen molar-refractivity contribution in [3.05, 3.63) is 34.1 Å². The first-order valence-electron chi connectivity index (χ1n) is 6.05. The summed E-state index contributed by atoms with van der Waals surface area (Å²) in [7, 11) is 0. The van der Waals surface area contributed by atoms with Gasteiger partial charge in [-0.15, -0.1) is 0 Å². The van der Waals surface area contributed by atoms with E-state index in [1.54, 1.807) is 0 Å². The summed E-state index contributed by atoms with van der Waals surface area (Å²) in [6.45, 7) is -0.134. The molecule has 1 aromatic carbocycles. The number of halogens is 3. The molecule has 2 amide bonds. The third kappa shape index (κ3) is 3.15. The molecule has 1 aromatic rings. The van der Waals surface area contributed by atoms with E-state index in [0.717, 1.165) is 4.90 Å². The van der Waals surface area contributed by atoms with Crippen LogP contribution in [0.1, 0.15) is 12.0 Å². The van der Waals surface area contributed by atoms with E-state index < -0.39 is 29.8 Å². The van der Waals surface area contributed by atoms with Crippen molar-refractivity contribution in [1.29, 1.82) is 0 Å². The van der Waals surface area contributed by atoms with Crippen LogP contribution in [0.5, 0.6) is 0 Å². The van der Waals surface area contributed by atoms with Crippen molar-refractivity contribution in [2.75, 3.05) is 6.54 Å². The largest absolute Gasteiger partial charge is 0.368 e. The molecule has 1 aliphatic rings. The second-order valence-corrected chi connectivity index (χ2v) is 5.56. The lowest BCUT2D eigenvalue weighted by molar-refractivity contribution is -0.136. The number of carbonyl (C=O) groups is 2. The van der Waals surface area contributed by atoms with Gasteiger partial charge in [0.05, 0.1) is 13.0 Å². The first kappa shape index (κ1) is 14.9. The molecule has 0 aromatic heterocycles. The van der Waals surface area contributed by atoms with Crippen LogP contribution in [0.3, 0.4) is 0 Å². The van der Waals surface area contributed by atoms with Crippen LogP contribution in [-0.2, 0) is 16.0 Å². The summed E-state index contributed by atoms with van der Waals surface area (Å²) in [5, 5.41) is 0. The van der Waals surface area contributed by atoms with Crippen molar-refractivity contribution < 1.29 is 18.4 Å². The molecular formula is C13H13BrF2N2O2. The Labute approximate surface area is 123 Å². The monoisotopic (exact) mass is 346 g/mol. The van der Waals surface area contributed by atoms with E-state index in [0.29, 0.717) is 10.0 Å². The van der Waals surface area contributed by atoms with Crippen molar-refractivity contribution in [1.82, 2.24) is 4.90 Å². The number of nitrogens with zero attached hydrogens (tertiary/aromatic N) is 1. The SMILES string of the molecule is NC(=O)[C@@H]1C[C@@H](F)CN1C(=O)Cc1ccc(F)cc1Br. The molecule has 0 unspecified atom stereocenters. The summed E-state index contributed by atoms with van der Waals surface area (Å²) in [4.78, 5) is 24.5. The third-order valence-electron chi connectivity index (χ3n) is 3.26. The lowest BCUT2D eigenvalue weighted by Gasteiger charge is -2.22. The molecule has 0 bridgehead atoms. The molecule has 4 nitrogen and oxygen atoms in total. The zero-order valence-corrected chi connectivity index (χ0v) is 12.1. The van der Waals surface area contributed by atoms with Gasteiger partial charge in [-0.2, -0.15) is 0 Å². The number of primary amides is 1. The first-order chi connectivity index (χ1) is 9.38. The zero-order valence-electron chi connectivity index (χ0n) is 10.5. The lowest BCUT2D eigenvalue weighted by Crippen LogP contribution is -2.44. The standard InChI is InChI=1S/C13H13BrF2N2O2/c14-10-4-8(15)2-1-7(10)3-12(19)18-6-9(16)5-11(18)13(17)20/h1-2,4,9,11H,3,5-6H2,(H2,17,20)/t9-,11+/m1/s1. The Kier molecular flexibility index (Phi) is 4.37. The quantitative estimate of drug-likeness (QED) is 0.902. The van der Waals surface area contributed by atoms with E-state index in [1.165, 1.54) is 18.2 Å². The first-order valence-corrected chi connectivity index (χ1v) is 6.84. The average Bonchev–Trinajstić information content (AvgIpc) is 2.75. The molecule has 1 saturated heterocycles. The van der Waals surface area contributed by atoms with Gasteiger partial charge in [0.15, 0.2) is 0 Å². The minimum atomic E-state index is -1.24. The van der Waals surface area contributed by atoms with Gasteiger partial charge in [0.2, 0.25) is 11.8 Å². The Morgan fingerprint density at radius 2 is 2.15 bits per heavy atom. The number of alkyl halides is 1. The van der Waals surface area contributed by atoms with Crippen molar-refractivity contribution in [2.45, 2.75) is 25.1 Å². The Morgan fingerprint density at radius 3 is 2.75 bits per heavy atom. The van der Waals surface area contributed by atoms with Crippen LogP contribution in [0, 0.1) is 5.82 Å². The predicted octanol–water partition coefficient (Wildman–Crippen LogP) is 1.56. The van der Waals surface area contributed by atoms with Crippen LogP contribution in [0.15, 0.2) is 22.7 Å². The molecule has 1 fully saturated rings. The summed E-state index contributed by atoms with van der Waals surface area (Å²) in [5.74, 6) is -1.54. The van der Waals surface area contributed by atoms with Crippen LogP contribution in [0.25, 0.3) is 0 Å². The van der Waals surface area contributed by atoms with Gasteiger partial charge in [-0.05, 0) is 17.7 Å². The smallest absolute Gasteiger partial charge is 0.240 e. The van der Waals surface area contributed by atoms with E-state index in [4.69, 9.17) is 5.73 Å². The maximum Gasteiger partial charge on any atom is 0.240 e. The van der Waals surface area contributed by atoms with Gasteiger partial charge in [-0.1, -0.05) is 22.0 Å². The van der Waals surface area contributed by atoms with E-state index >= 15 is 0 Å². The molecular weight excluding hydrogens is 334 g/mol. The summed E-state index contributed by atoms with van der Waals surface area (Å²) in [6, 6.07) is 3.05. The van der Waals surface area contributed by atoms with E-state index in [-0.39, 0.29) is 19.4 Å². The van der Waals surface area contributed by atoms with Gasteiger partial charge in [0.1, 0.15) is 18.0 Å². The van der Waals surface area contributed by atoms with Crippen molar-refractivity contribution >= 4 is 27.7 Å². The molecule has 2 N–H and O–H groups in total. The third-order valence-corrected chi connectivity index (χ3v) is 3.99. The maximum absolute atomic E-state index is 13.4. The summed E-state index contributed by atoms with van der Waals surface area (Å²) in [5.41, 5.74) is 5.74.